The molecule has 0 saturated carbocycles. The van der Waals surface area contributed by atoms with E-state index in [1.54, 1.807) is 0 Å². The number of benzene rings is 2. The monoisotopic (exact) mass is 429 g/mol. The van der Waals surface area contributed by atoms with Crippen molar-refractivity contribution in [1.29, 1.82) is 0 Å². The van der Waals surface area contributed by atoms with E-state index in [1.807, 2.05) is 0 Å². The van der Waals surface area contributed by atoms with Crippen LogP contribution in [0.4, 0.5) is 13.6 Å². The smallest absolute Gasteiger partial charge is 0.315 e. The summed E-state index contributed by atoms with van der Waals surface area (Å²) in [7, 11) is 0. The van der Waals surface area contributed by atoms with Gasteiger partial charge in [-0.1, -0.05) is 29.3 Å². The molecule has 3 rings (SSSR count). The summed E-state index contributed by atoms with van der Waals surface area (Å²) in [6.45, 7) is 0.0692. The first-order chi connectivity index (χ1) is 13.3. The third kappa shape index (κ3) is 4.82. The summed E-state index contributed by atoms with van der Waals surface area (Å²) >= 11 is 11.6. The third-order valence-electron chi connectivity index (χ3n) is 4.06. The van der Waals surface area contributed by atoms with E-state index in [-0.39, 0.29) is 28.9 Å². The van der Waals surface area contributed by atoms with Crippen LogP contribution in [0.3, 0.4) is 0 Å². The van der Waals surface area contributed by atoms with Gasteiger partial charge >= 0.3 is 6.03 Å². The summed E-state index contributed by atoms with van der Waals surface area (Å²) in [6.07, 6.45) is 0. The number of carbonyl (C=O) groups is 2. The molecule has 1 fully saturated rings. The van der Waals surface area contributed by atoms with Crippen molar-refractivity contribution in [1.82, 2.24) is 16.0 Å². The third-order valence-corrected chi connectivity index (χ3v) is 4.64. The number of amides is 3. The van der Waals surface area contributed by atoms with Gasteiger partial charge in [-0.15, -0.1) is 0 Å². The molecular weight excluding hydrogens is 415 g/mol. The molecule has 2 atom stereocenters. The predicted octanol–water partition coefficient (Wildman–Crippen LogP) is 3.19. The van der Waals surface area contributed by atoms with E-state index in [2.05, 4.69) is 16.0 Å². The van der Waals surface area contributed by atoms with Crippen molar-refractivity contribution in [3.8, 4) is 5.75 Å². The molecule has 28 heavy (non-hydrogen) atoms. The second-order valence-corrected chi connectivity index (χ2v) is 6.84. The van der Waals surface area contributed by atoms with Gasteiger partial charge in [0, 0.05) is 12.6 Å². The Balaban J connectivity index is 1.76. The molecule has 0 aliphatic carbocycles. The Hall–Kier alpha value is -2.58. The normalized spacial score (nSPS) is 16.9. The summed E-state index contributed by atoms with van der Waals surface area (Å²) in [6, 6.07) is 5.92. The van der Waals surface area contributed by atoms with Gasteiger partial charge in [0.05, 0.1) is 16.1 Å². The molecule has 2 aromatic carbocycles. The standard InChI is InChI=1S/C18H15Cl2F2N3O3/c19-11-5-9(1-3-13(11)21)16(24-17(26)15-7-23-18(27)25-15)8-28-10-2-4-14(22)12(20)6-10/h1-6,15-16H,7-8H2,(H,24,26)(H2,23,25,27)/t15-,16-/m0/s1. The fraction of sp³-hybridized carbons (Fsp3) is 0.222. The van der Waals surface area contributed by atoms with E-state index >= 15 is 0 Å². The number of hydrogen-bond acceptors (Lipinski definition) is 3. The molecule has 1 heterocycles. The van der Waals surface area contributed by atoms with Crippen LogP contribution < -0.4 is 20.7 Å². The summed E-state index contributed by atoms with van der Waals surface area (Å²) < 4.78 is 32.4. The summed E-state index contributed by atoms with van der Waals surface area (Å²) in [4.78, 5) is 23.7. The first-order valence-corrected chi connectivity index (χ1v) is 8.96. The lowest BCUT2D eigenvalue weighted by Crippen LogP contribution is -2.45. The first-order valence-electron chi connectivity index (χ1n) is 8.21. The highest BCUT2D eigenvalue weighted by Gasteiger charge is 2.29. The van der Waals surface area contributed by atoms with Crippen LogP contribution in [0.15, 0.2) is 36.4 Å². The molecule has 6 nitrogen and oxygen atoms in total. The lowest BCUT2D eigenvalue weighted by molar-refractivity contribution is -0.123. The Bertz CT molecular complexity index is 914. The number of nitrogens with one attached hydrogen (secondary N) is 3. The van der Waals surface area contributed by atoms with Crippen molar-refractivity contribution in [2.75, 3.05) is 13.2 Å². The SMILES string of the molecule is O=C1NC[C@@H](C(=O)N[C@@H](COc2ccc(F)c(Cl)c2)c2ccc(F)c(Cl)c2)N1. The van der Waals surface area contributed by atoms with E-state index in [0.717, 1.165) is 6.07 Å². The van der Waals surface area contributed by atoms with Gasteiger partial charge in [0.2, 0.25) is 5.91 Å². The molecule has 0 bridgehead atoms. The Morgan fingerprint density at radius 3 is 2.46 bits per heavy atom. The minimum Gasteiger partial charge on any atom is -0.491 e. The summed E-state index contributed by atoms with van der Waals surface area (Å²) in [5.74, 6) is -1.36. The van der Waals surface area contributed by atoms with Crippen LogP contribution in [0.5, 0.6) is 5.75 Å². The van der Waals surface area contributed by atoms with Crippen LogP contribution in [-0.2, 0) is 4.79 Å². The molecule has 1 saturated heterocycles. The molecule has 0 aromatic heterocycles. The van der Waals surface area contributed by atoms with E-state index < -0.39 is 35.7 Å². The van der Waals surface area contributed by atoms with Crippen LogP contribution in [0.25, 0.3) is 0 Å². The number of carbonyl (C=O) groups excluding carboxylic acids is 2. The minimum absolute atomic E-state index is 0.0657. The highest BCUT2D eigenvalue weighted by atomic mass is 35.5. The molecule has 0 spiro atoms. The van der Waals surface area contributed by atoms with Crippen LogP contribution in [0.1, 0.15) is 11.6 Å². The fourth-order valence-electron chi connectivity index (χ4n) is 2.58. The zero-order chi connectivity index (χ0) is 20.3. The topological polar surface area (TPSA) is 79.5 Å². The molecule has 3 N–H and O–H groups in total. The van der Waals surface area contributed by atoms with Crippen molar-refractivity contribution in [2.24, 2.45) is 0 Å². The summed E-state index contributed by atoms with van der Waals surface area (Å²) in [5, 5.41) is 7.47. The molecule has 3 amide bonds. The Morgan fingerprint density at radius 1 is 1.18 bits per heavy atom. The molecular formula is C18H15Cl2F2N3O3. The number of halogens is 4. The van der Waals surface area contributed by atoms with Gasteiger partial charge in [-0.2, -0.15) is 0 Å². The highest BCUT2D eigenvalue weighted by Crippen LogP contribution is 2.25. The number of urea groups is 1. The van der Waals surface area contributed by atoms with Crippen molar-refractivity contribution in [2.45, 2.75) is 12.1 Å². The molecule has 148 valence electrons. The number of hydrogen-bond donors (Lipinski definition) is 3. The number of ether oxygens (including phenoxy) is 1. The van der Waals surface area contributed by atoms with E-state index in [0.29, 0.717) is 5.56 Å². The van der Waals surface area contributed by atoms with Crippen molar-refractivity contribution < 1.29 is 23.1 Å². The van der Waals surface area contributed by atoms with Gasteiger partial charge < -0.3 is 20.7 Å². The van der Waals surface area contributed by atoms with Gasteiger partial charge in [0.25, 0.3) is 0 Å². The highest BCUT2D eigenvalue weighted by molar-refractivity contribution is 6.31. The van der Waals surface area contributed by atoms with Crippen LogP contribution in [-0.4, -0.2) is 31.1 Å². The van der Waals surface area contributed by atoms with E-state index in [4.69, 9.17) is 27.9 Å². The first kappa shape index (κ1) is 20.2. The molecule has 1 aliphatic rings. The Morgan fingerprint density at radius 2 is 1.86 bits per heavy atom. The van der Waals surface area contributed by atoms with Crippen molar-refractivity contribution >= 4 is 35.1 Å². The van der Waals surface area contributed by atoms with Crippen LogP contribution in [0, 0.1) is 11.6 Å². The minimum atomic E-state index is -0.758. The fourth-order valence-corrected chi connectivity index (χ4v) is 2.94. The van der Waals surface area contributed by atoms with Crippen LogP contribution in [0.2, 0.25) is 10.0 Å². The maximum atomic E-state index is 13.5. The zero-order valence-electron chi connectivity index (χ0n) is 14.3. The van der Waals surface area contributed by atoms with Gasteiger partial charge in [0.15, 0.2) is 0 Å². The van der Waals surface area contributed by atoms with Gasteiger partial charge in [-0.3, -0.25) is 4.79 Å². The van der Waals surface area contributed by atoms with Crippen molar-refractivity contribution in [3.05, 3.63) is 63.6 Å². The van der Waals surface area contributed by atoms with Gasteiger partial charge in [-0.05, 0) is 29.8 Å². The summed E-state index contributed by atoms with van der Waals surface area (Å²) in [5.41, 5.74) is 0.491. The molecule has 0 unspecified atom stereocenters. The van der Waals surface area contributed by atoms with Crippen LogP contribution >= 0.6 is 23.2 Å². The molecule has 1 aliphatic heterocycles. The molecule has 0 radical (unpaired) electrons. The maximum Gasteiger partial charge on any atom is 0.315 e. The Kier molecular flexibility index (Phi) is 6.21. The maximum absolute atomic E-state index is 13.5. The van der Waals surface area contributed by atoms with E-state index in [9.17, 15) is 18.4 Å². The lowest BCUT2D eigenvalue weighted by Gasteiger charge is -2.22. The zero-order valence-corrected chi connectivity index (χ0v) is 15.8. The van der Waals surface area contributed by atoms with Gasteiger partial charge in [0.1, 0.15) is 30.0 Å². The molecule has 10 heteroatoms. The van der Waals surface area contributed by atoms with E-state index in [1.165, 1.54) is 30.3 Å². The van der Waals surface area contributed by atoms with Crippen molar-refractivity contribution in [3.63, 3.8) is 0 Å². The lowest BCUT2D eigenvalue weighted by atomic mass is 10.1. The number of rotatable bonds is 6. The second kappa shape index (κ2) is 8.62. The average Bonchev–Trinajstić information content (AvgIpc) is 3.10. The average molecular weight is 430 g/mol. The predicted molar refractivity (Wildman–Crippen MR) is 99.5 cm³/mol. The Labute approximate surface area is 169 Å². The van der Waals surface area contributed by atoms with Gasteiger partial charge in [-0.25, -0.2) is 13.6 Å². The largest absolute Gasteiger partial charge is 0.491 e. The molecule has 2 aromatic rings. The second-order valence-electron chi connectivity index (χ2n) is 6.03. The quantitative estimate of drug-likeness (QED) is 0.659.